The van der Waals surface area contributed by atoms with Crippen LogP contribution in [0.2, 0.25) is 10.0 Å². The Morgan fingerprint density at radius 2 is 1.81 bits per heavy atom. The Balaban J connectivity index is 1.70. The van der Waals surface area contributed by atoms with Crippen molar-refractivity contribution in [3.63, 3.8) is 0 Å². The Kier molecular flexibility index (Phi) is 7.16. The van der Waals surface area contributed by atoms with Gasteiger partial charge in [0.1, 0.15) is 0 Å². The Morgan fingerprint density at radius 1 is 1.04 bits per heavy atom. The fourth-order valence-electron chi connectivity index (χ4n) is 3.14. The van der Waals surface area contributed by atoms with E-state index in [1.54, 1.807) is 13.0 Å². The first-order valence-corrected chi connectivity index (χ1v) is 9.90. The number of nitrogens with one attached hydrogen (secondary N) is 2. The summed E-state index contributed by atoms with van der Waals surface area (Å²) in [7, 11) is 0. The smallest absolute Gasteiger partial charge is 0.0636 e. The highest BCUT2D eigenvalue weighted by Crippen LogP contribution is 2.26. The third-order valence-corrected chi connectivity index (χ3v) is 5.05. The van der Waals surface area contributed by atoms with Crippen molar-refractivity contribution in [3.8, 4) is 0 Å². The fourth-order valence-corrected chi connectivity index (χ4v) is 3.61. The van der Waals surface area contributed by atoms with Crippen LogP contribution in [0.3, 0.4) is 0 Å². The summed E-state index contributed by atoms with van der Waals surface area (Å²) in [6, 6.07) is 14.0. The lowest BCUT2D eigenvalue weighted by Gasteiger charge is -2.08. The third kappa shape index (κ3) is 5.47. The van der Waals surface area contributed by atoms with Crippen LogP contribution in [-0.2, 0) is 13.1 Å². The van der Waals surface area contributed by atoms with E-state index in [9.17, 15) is 5.11 Å². The number of aliphatic hydroxyl groups is 1. The first-order valence-electron chi connectivity index (χ1n) is 9.15. The predicted octanol–water partition coefficient (Wildman–Crippen LogP) is 4.06. The predicted molar refractivity (Wildman–Crippen MR) is 114 cm³/mol. The third-order valence-electron chi connectivity index (χ3n) is 4.46. The maximum absolute atomic E-state index is 9.26. The molecule has 2 aromatic carbocycles. The molecule has 0 aliphatic carbocycles. The molecule has 0 saturated carbocycles. The highest BCUT2D eigenvalue weighted by molar-refractivity contribution is 6.35. The summed E-state index contributed by atoms with van der Waals surface area (Å²) in [6.45, 7) is 5.55. The molecule has 0 aliphatic rings. The number of aliphatic hydroxyl groups excluding tert-OH is 1. The van der Waals surface area contributed by atoms with Crippen molar-refractivity contribution in [1.29, 1.82) is 0 Å². The summed E-state index contributed by atoms with van der Waals surface area (Å²) in [5.41, 5.74) is 3.49. The largest absolute Gasteiger partial charge is 0.392 e. The lowest BCUT2D eigenvalue weighted by Crippen LogP contribution is -2.31. The number of fused-ring (bicyclic) bond motifs is 1. The summed E-state index contributed by atoms with van der Waals surface area (Å²) >= 11 is 12.4. The van der Waals surface area contributed by atoms with Crippen LogP contribution in [0.5, 0.6) is 0 Å². The molecule has 3 aromatic rings. The minimum absolute atomic E-state index is 0.317. The quantitative estimate of drug-likeness (QED) is 0.470. The molecule has 0 radical (unpaired) electrons. The van der Waals surface area contributed by atoms with Crippen LogP contribution in [0.1, 0.15) is 18.1 Å². The van der Waals surface area contributed by atoms with Gasteiger partial charge in [0.05, 0.1) is 6.10 Å². The molecule has 0 aliphatic heterocycles. The molecule has 0 fully saturated rings. The maximum atomic E-state index is 9.26. The molecule has 1 aromatic heterocycles. The van der Waals surface area contributed by atoms with Gasteiger partial charge in [0.25, 0.3) is 0 Å². The molecular weight excluding hydrogens is 381 g/mol. The second kappa shape index (κ2) is 9.58. The molecule has 3 N–H and O–H groups in total. The number of rotatable bonds is 9. The minimum atomic E-state index is -0.317. The van der Waals surface area contributed by atoms with Crippen molar-refractivity contribution in [2.75, 3.05) is 19.6 Å². The molecule has 0 spiro atoms. The van der Waals surface area contributed by atoms with Gasteiger partial charge in [-0.25, -0.2) is 0 Å². The summed E-state index contributed by atoms with van der Waals surface area (Å²) in [4.78, 5) is 0. The molecule has 144 valence electrons. The standard InChI is InChI=1S/C21H25Cl2N3O/c1-15(27)11-24-8-9-25-12-17-14-26(21-5-3-2-4-19(17)21)13-16-6-7-18(22)10-20(16)23/h2-7,10,14-15,24-25,27H,8-9,11-13H2,1H3. The second-order valence-electron chi connectivity index (χ2n) is 6.77. The van der Waals surface area contributed by atoms with Crippen LogP contribution in [0.4, 0.5) is 0 Å². The second-order valence-corrected chi connectivity index (χ2v) is 7.61. The molecule has 0 saturated heterocycles. The van der Waals surface area contributed by atoms with Gasteiger partial charge < -0.3 is 20.3 Å². The normalized spacial score (nSPS) is 12.6. The molecule has 6 heteroatoms. The zero-order chi connectivity index (χ0) is 19.2. The van der Waals surface area contributed by atoms with Gasteiger partial charge in [-0.05, 0) is 36.2 Å². The van der Waals surface area contributed by atoms with Crippen LogP contribution < -0.4 is 10.6 Å². The summed E-state index contributed by atoms with van der Waals surface area (Å²) in [6.07, 6.45) is 1.87. The zero-order valence-electron chi connectivity index (χ0n) is 15.4. The van der Waals surface area contributed by atoms with Gasteiger partial charge in [-0.1, -0.05) is 47.5 Å². The molecule has 27 heavy (non-hydrogen) atoms. The van der Waals surface area contributed by atoms with Gasteiger partial charge in [0.2, 0.25) is 0 Å². The Labute approximate surface area is 170 Å². The lowest BCUT2D eigenvalue weighted by atomic mass is 10.2. The molecule has 0 bridgehead atoms. The molecule has 3 rings (SSSR count). The van der Waals surface area contributed by atoms with Crippen molar-refractivity contribution < 1.29 is 5.11 Å². The van der Waals surface area contributed by atoms with E-state index in [1.807, 2.05) is 12.1 Å². The van der Waals surface area contributed by atoms with E-state index in [4.69, 9.17) is 23.2 Å². The van der Waals surface area contributed by atoms with Crippen LogP contribution in [0, 0.1) is 0 Å². The minimum Gasteiger partial charge on any atom is -0.392 e. The Hall–Kier alpha value is -1.56. The van der Waals surface area contributed by atoms with Crippen molar-refractivity contribution in [1.82, 2.24) is 15.2 Å². The van der Waals surface area contributed by atoms with Gasteiger partial charge in [-0.2, -0.15) is 0 Å². The summed E-state index contributed by atoms with van der Waals surface area (Å²) in [5, 5.41) is 18.5. The van der Waals surface area contributed by atoms with E-state index in [1.165, 1.54) is 16.5 Å². The van der Waals surface area contributed by atoms with Gasteiger partial charge in [-0.15, -0.1) is 0 Å². The monoisotopic (exact) mass is 405 g/mol. The fraction of sp³-hybridized carbons (Fsp3) is 0.333. The molecule has 4 nitrogen and oxygen atoms in total. The van der Waals surface area contributed by atoms with Crippen molar-refractivity contribution >= 4 is 34.1 Å². The number of hydrogen-bond donors (Lipinski definition) is 3. The number of hydrogen-bond acceptors (Lipinski definition) is 3. The summed E-state index contributed by atoms with van der Waals surface area (Å²) < 4.78 is 2.23. The number of benzene rings is 2. The van der Waals surface area contributed by atoms with Gasteiger partial charge in [0, 0.05) is 59.9 Å². The van der Waals surface area contributed by atoms with Crippen molar-refractivity contribution in [3.05, 3.63) is 69.8 Å². The van der Waals surface area contributed by atoms with Crippen LogP contribution in [-0.4, -0.2) is 35.4 Å². The average molecular weight is 406 g/mol. The van der Waals surface area contributed by atoms with Crippen LogP contribution >= 0.6 is 23.2 Å². The first-order chi connectivity index (χ1) is 13.0. The SMILES string of the molecule is CC(O)CNCCNCc1cn(Cc2ccc(Cl)cc2Cl)c2ccccc12. The molecule has 0 amide bonds. The van der Waals surface area contributed by atoms with E-state index < -0.39 is 0 Å². The number of nitrogens with zero attached hydrogens (tertiary/aromatic N) is 1. The Morgan fingerprint density at radius 3 is 2.59 bits per heavy atom. The van der Waals surface area contributed by atoms with E-state index in [-0.39, 0.29) is 6.10 Å². The molecule has 1 heterocycles. The number of aromatic nitrogens is 1. The van der Waals surface area contributed by atoms with Gasteiger partial charge >= 0.3 is 0 Å². The van der Waals surface area contributed by atoms with E-state index in [0.29, 0.717) is 23.1 Å². The molecule has 1 atom stereocenters. The van der Waals surface area contributed by atoms with Crippen molar-refractivity contribution in [2.45, 2.75) is 26.1 Å². The maximum Gasteiger partial charge on any atom is 0.0636 e. The lowest BCUT2D eigenvalue weighted by molar-refractivity contribution is 0.191. The van der Waals surface area contributed by atoms with E-state index in [2.05, 4.69) is 45.7 Å². The topological polar surface area (TPSA) is 49.2 Å². The number of para-hydroxylation sites is 1. The van der Waals surface area contributed by atoms with Crippen molar-refractivity contribution in [2.24, 2.45) is 0 Å². The number of halogens is 2. The average Bonchev–Trinajstić information content (AvgIpc) is 2.98. The highest BCUT2D eigenvalue weighted by Gasteiger charge is 2.10. The van der Waals surface area contributed by atoms with Crippen LogP contribution in [0.15, 0.2) is 48.7 Å². The molecular formula is C21H25Cl2N3O. The van der Waals surface area contributed by atoms with E-state index >= 15 is 0 Å². The first kappa shape index (κ1) is 20.2. The van der Waals surface area contributed by atoms with Crippen LogP contribution in [0.25, 0.3) is 10.9 Å². The van der Waals surface area contributed by atoms with Gasteiger partial charge in [0.15, 0.2) is 0 Å². The zero-order valence-corrected chi connectivity index (χ0v) is 16.9. The van der Waals surface area contributed by atoms with Gasteiger partial charge in [-0.3, -0.25) is 0 Å². The van der Waals surface area contributed by atoms with E-state index in [0.717, 1.165) is 25.2 Å². The molecule has 1 unspecified atom stereocenters. The Bertz CT molecular complexity index is 892. The highest BCUT2D eigenvalue weighted by atomic mass is 35.5. The summed E-state index contributed by atoms with van der Waals surface area (Å²) in [5.74, 6) is 0.